The molecule has 1 fully saturated rings. The third-order valence-corrected chi connectivity index (χ3v) is 7.25. The van der Waals surface area contributed by atoms with Crippen LogP contribution in [-0.4, -0.2) is 65.1 Å². The third-order valence-electron chi connectivity index (χ3n) is 6.15. The fraction of sp³-hybridized carbons (Fsp3) is 0.435. The van der Waals surface area contributed by atoms with Gasteiger partial charge in [0.2, 0.25) is 5.91 Å². The Morgan fingerprint density at radius 3 is 2.66 bits per heavy atom. The van der Waals surface area contributed by atoms with E-state index in [1.807, 2.05) is 36.9 Å². The number of thiophene rings is 1. The number of hydrogen-bond donors (Lipinski definition) is 1. The number of benzene rings is 1. The highest BCUT2D eigenvalue weighted by molar-refractivity contribution is 7.18. The van der Waals surface area contributed by atoms with Crippen LogP contribution in [0.25, 0.3) is 10.2 Å². The summed E-state index contributed by atoms with van der Waals surface area (Å²) in [5.41, 5.74) is 1.87. The molecule has 5 rings (SSSR count). The second-order valence-corrected chi connectivity index (χ2v) is 9.49. The van der Waals surface area contributed by atoms with Crippen molar-refractivity contribution in [1.82, 2.24) is 19.8 Å². The van der Waals surface area contributed by atoms with Crippen molar-refractivity contribution in [3.63, 3.8) is 0 Å². The molecule has 2 aliphatic rings. The minimum Gasteiger partial charge on any atom is -0.486 e. The lowest BCUT2D eigenvalue weighted by molar-refractivity contribution is -0.132. The lowest BCUT2D eigenvalue weighted by Crippen LogP contribution is -2.49. The fourth-order valence-electron chi connectivity index (χ4n) is 4.23. The van der Waals surface area contributed by atoms with Crippen molar-refractivity contribution in [3.8, 4) is 11.5 Å². The molecule has 0 radical (unpaired) electrons. The lowest BCUT2D eigenvalue weighted by atomic mass is 10.1. The van der Waals surface area contributed by atoms with Gasteiger partial charge < -0.3 is 19.4 Å². The molecule has 1 amide bonds. The first-order valence-corrected chi connectivity index (χ1v) is 11.7. The summed E-state index contributed by atoms with van der Waals surface area (Å²) in [5, 5.41) is 0.700. The van der Waals surface area contributed by atoms with Gasteiger partial charge in [-0.3, -0.25) is 14.5 Å². The molecule has 3 aromatic rings. The molecule has 0 spiro atoms. The second kappa shape index (κ2) is 8.55. The largest absolute Gasteiger partial charge is 0.486 e. The topological polar surface area (TPSA) is 87.8 Å². The molecule has 1 N–H and O–H groups in total. The standard InChI is InChI=1S/C23H26N4O4S/c1-14-15(2)32-23-21(14)22(29)24-19(25-23)13-26-5-7-27(8-6-26)20(28)12-16-3-4-17-18(11-16)31-10-9-30-17/h3-4,11H,5-10,12-13H2,1-2H3,(H,24,25,29). The van der Waals surface area contributed by atoms with Crippen molar-refractivity contribution in [1.29, 1.82) is 0 Å². The second-order valence-electron chi connectivity index (χ2n) is 8.29. The van der Waals surface area contributed by atoms with Gasteiger partial charge in [0.25, 0.3) is 5.56 Å². The number of carbonyl (C=O) groups excluding carboxylic acids is 1. The van der Waals surface area contributed by atoms with E-state index < -0.39 is 0 Å². The molecule has 9 heteroatoms. The molecular weight excluding hydrogens is 428 g/mol. The van der Waals surface area contributed by atoms with Crippen molar-refractivity contribution in [2.75, 3.05) is 39.4 Å². The van der Waals surface area contributed by atoms with Crippen LogP contribution in [0.4, 0.5) is 0 Å². The maximum atomic E-state index is 12.8. The van der Waals surface area contributed by atoms with E-state index in [0.717, 1.165) is 39.7 Å². The van der Waals surface area contributed by atoms with Gasteiger partial charge in [-0.1, -0.05) is 6.07 Å². The van der Waals surface area contributed by atoms with E-state index in [-0.39, 0.29) is 11.5 Å². The summed E-state index contributed by atoms with van der Waals surface area (Å²) in [7, 11) is 0. The van der Waals surface area contributed by atoms with Gasteiger partial charge in [0, 0.05) is 31.1 Å². The molecule has 1 saturated heterocycles. The molecule has 0 bridgehead atoms. The first-order valence-electron chi connectivity index (χ1n) is 10.9. The zero-order valence-corrected chi connectivity index (χ0v) is 19.1. The number of ether oxygens (including phenoxy) is 2. The maximum Gasteiger partial charge on any atom is 0.259 e. The number of hydrogen-bond acceptors (Lipinski definition) is 7. The number of fused-ring (bicyclic) bond motifs is 2. The van der Waals surface area contributed by atoms with Crippen LogP contribution in [0.2, 0.25) is 0 Å². The van der Waals surface area contributed by atoms with Gasteiger partial charge in [-0.15, -0.1) is 11.3 Å². The number of piperazine rings is 1. The molecule has 32 heavy (non-hydrogen) atoms. The Hall–Kier alpha value is -2.91. The number of aryl methyl sites for hydroxylation is 2. The molecule has 1 aromatic carbocycles. The van der Waals surface area contributed by atoms with Crippen LogP contribution >= 0.6 is 11.3 Å². The summed E-state index contributed by atoms with van der Waals surface area (Å²) in [6, 6.07) is 5.69. The molecule has 2 aliphatic heterocycles. The Kier molecular flexibility index (Phi) is 5.60. The monoisotopic (exact) mass is 454 g/mol. The molecule has 4 heterocycles. The summed E-state index contributed by atoms with van der Waals surface area (Å²) < 4.78 is 11.2. The van der Waals surface area contributed by atoms with Crippen LogP contribution < -0.4 is 15.0 Å². The molecule has 168 valence electrons. The molecule has 0 saturated carbocycles. The van der Waals surface area contributed by atoms with E-state index in [9.17, 15) is 9.59 Å². The van der Waals surface area contributed by atoms with E-state index in [2.05, 4.69) is 14.9 Å². The Labute approximate surface area is 189 Å². The number of aromatic nitrogens is 2. The minimum atomic E-state index is -0.0694. The summed E-state index contributed by atoms with van der Waals surface area (Å²) in [5.74, 6) is 2.23. The van der Waals surface area contributed by atoms with Crippen LogP contribution in [0, 0.1) is 13.8 Å². The first-order chi connectivity index (χ1) is 15.5. The van der Waals surface area contributed by atoms with Crippen LogP contribution in [-0.2, 0) is 17.8 Å². The number of rotatable bonds is 4. The van der Waals surface area contributed by atoms with Crippen LogP contribution in [0.3, 0.4) is 0 Å². The highest BCUT2D eigenvalue weighted by Crippen LogP contribution is 2.31. The average molecular weight is 455 g/mol. The Morgan fingerprint density at radius 1 is 1.12 bits per heavy atom. The predicted molar refractivity (Wildman–Crippen MR) is 123 cm³/mol. The summed E-state index contributed by atoms with van der Waals surface area (Å²) in [4.78, 5) is 39.0. The quantitative estimate of drug-likeness (QED) is 0.651. The Bertz CT molecular complexity index is 1230. The van der Waals surface area contributed by atoms with Crippen molar-refractivity contribution >= 4 is 27.5 Å². The molecular formula is C23H26N4O4S. The van der Waals surface area contributed by atoms with Crippen molar-refractivity contribution in [2.45, 2.75) is 26.8 Å². The third kappa shape index (κ3) is 4.10. The van der Waals surface area contributed by atoms with E-state index in [1.54, 1.807) is 11.3 Å². The normalized spacial score (nSPS) is 16.5. The number of amides is 1. The van der Waals surface area contributed by atoms with Crippen LogP contribution in [0.5, 0.6) is 11.5 Å². The molecule has 0 aliphatic carbocycles. The van der Waals surface area contributed by atoms with Gasteiger partial charge in [-0.2, -0.15) is 0 Å². The summed E-state index contributed by atoms with van der Waals surface area (Å²) >= 11 is 1.56. The van der Waals surface area contributed by atoms with Crippen LogP contribution in [0.15, 0.2) is 23.0 Å². The number of nitrogens with one attached hydrogen (secondary N) is 1. The summed E-state index contributed by atoms with van der Waals surface area (Å²) in [6.07, 6.45) is 0.346. The van der Waals surface area contributed by atoms with Gasteiger partial charge >= 0.3 is 0 Å². The van der Waals surface area contributed by atoms with E-state index in [4.69, 9.17) is 9.47 Å². The number of carbonyl (C=O) groups is 1. The highest BCUT2D eigenvalue weighted by atomic mass is 32.1. The molecule has 0 atom stereocenters. The van der Waals surface area contributed by atoms with E-state index in [1.165, 1.54) is 0 Å². The van der Waals surface area contributed by atoms with Crippen molar-refractivity contribution < 1.29 is 14.3 Å². The number of nitrogens with zero attached hydrogens (tertiary/aromatic N) is 3. The van der Waals surface area contributed by atoms with Crippen LogP contribution in [0.1, 0.15) is 21.8 Å². The SMILES string of the molecule is Cc1sc2nc(CN3CCN(C(=O)Cc4ccc5c(c4)OCCO5)CC3)[nH]c(=O)c2c1C. The van der Waals surface area contributed by atoms with Gasteiger partial charge in [0.1, 0.15) is 23.9 Å². The van der Waals surface area contributed by atoms with Gasteiger partial charge in [0.05, 0.1) is 18.4 Å². The smallest absolute Gasteiger partial charge is 0.259 e. The van der Waals surface area contributed by atoms with Crippen molar-refractivity contribution in [3.05, 3.63) is 50.4 Å². The zero-order valence-electron chi connectivity index (χ0n) is 18.3. The molecule has 2 aromatic heterocycles. The minimum absolute atomic E-state index is 0.0694. The Morgan fingerprint density at radius 2 is 1.88 bits per heavy atom. The molecule has 8 nitrogen and oxygen atoms in total. The van der Waals surface area contributed by atoms with E-state index >= 15 is 0 Å². The van der Waals surface area contributed by atoms with Crippen molar-refractivity contribution in [2.24, 2.45) is 0 Å². The van der Waals surface area contributed by atoms with E-state index in [0.29, 0.717) is 56.2 Å². The predicted octanol–water partition coefficient (Wildman–Crippen LogP) is 2.26. The van der Waals surface area contributed by atoms with Gasteiger partial charge in [-0.25, -0.2) is 4.98 Å². The summed E-state index contributed by atoms with van der Waals surface area (Å²) in [6.45, 7) is 8.46. The number of aromatic amines is 1. The first kappa shape index (κ1) is 21.0. The lowest BCUT2D eigenvalue weighted by Gasteiger charge is -2.34. The average Bonchev–Trinajstić information content (AvgIpc) is 3.07. The number of H-pyrrole nitrogens is 1. The Balaban J connectivity index is 1.18. The maximum absolute atomic E-state index is 12.8. The highest BCUT2D eigenvalue weighted by Gasteiger charge is 2.23. The van der Waals surface area contributed by atoms with Gasteiger partial charge in [-0.05, 0) is 37.1 Å². The zero-order chi connectivity index (χ0) is 22.2. The van der Waals surface area contributed by atoms with Gasteiger partial charge in [0.15, 0.2) is 11.5 Å². The fourth-order valence-corrected chi connectivity index (χ4v) is 5.27. The molecule has 0 unspecified atom stereocenters.